The van der Waals surface area contributed by atoms with Gasteiger partial charge in [0.1, 0.15) is 0 Å². The van der Waals surface area contributed by atoms with Crippen molar-refractivity contribution >= 4 is 37.3 Å². The first-order valence-electron chi connectivity index (χ1n) is 6.85. The van der Waals surface area contributed by atoms with E-state index in [1.54, 1.807) is 54.2 Å². The first-order valence-corrected chi connectivity index (χ1v) is 9.96. The summed E-state index contributed by atoms with van der Waals surface area (Å²) < 4.78 is 33.3. The maximum atomic E-state index is 13.0. The summed E-state index contributed by atoms with van der Waals surface area (Å²) in [6.45, 7) is 0.605. The van der Waals surface area contributed by atoms with Gasteiger partial charge in [-0.3, -0.25) is 0 Å². The summed E-state index contributed by atoms with van der Waals surface area (Å²) in [7, 11) is -3.59. The van der Waals surface area contributed by atoms with Crippen molar-refractivity contribution in [3.63, 3.8) is 0 Å². The maximum Gasteiger partial charge on any atom is 0.243 e. The van der Waals surface area contributed by atoms with E-state index in [4.69, 9.17) is 4.42 Å². The van der Waals surface area contributed by atoms with Gasteiger partial charge >= 0.3 is 0 Å². The van der Waals surface area contributed by atoms with Crippen molar-refractivity contribution in [1.29, 1.82) is 0 Å². The van der Waals surface area contributed by atoms with E-state index in [0.717, 1.165) is 14.9 Å². The summed E-state index contributed by atoms with van der Waals surface area (Å²) in [5.41, 5.74) is 0.822. The van der Waals surface area contributed by atoms with E-state index >= 15 is 0 Å². The monoisotopic (exact) mass is 411 g/mol. The van der Waals surface area contributed by atoms with Crippen LogP contribution in [0.5, 0.6) is 0 Å². The summed E-state index contributed by atoms with van der Waals surface area (Å²) in [5.74, 6) is 0. The van der Waals surface area contributed by atoms with Crippen LogP contribution in [0.15, 0.2) is 74.2 Å². The third kappa shape index (κ3) is 3.92. The zero-order valence-corrected chi connectivity index (χ0v) is 15.3. The summed E-state index contributed by atoms with van der Waals surface area (Å²) in [5, 5.41) is 1.94. The predicted molar refractivity (Wildman–Crippen MR) is 93.6 cm³/mol. The number of hydrogen-bond acceptors (Lipinski definition) is 4. The van der Waals surface area contributed by atoms with Gasteiger partial charge in [-0.25, -0.2) is 8.42 Å². The van der Waals surface area contributed by atoms with E-state index in [1.165, 1.54) is 4.31 Å². The minimum atomic E-state index is -3.59. The number of nitrogens with zero attached hydrogens (tertiary/aromatic N) is 1. The molecule has 7 heteroatoms. The van der Waals surface area contributed by atoms with E-state index in [0.29, 0.717) is 6.54 Å². The molecule has 0 saturated heterocycles. The average molecular weight is 412 g/mol. The topological polar surface area (TPSA) is 50.5 Å². The van der Waals surface area contributed by atoms with E-state index in [9.17, 15) is 8.42 Å². The number of halogens is 1. The van der Waals surface area contributed by atoms with Gasteiger partial charge in [0, 0.05) is 28.0 Å². The van der Waals surface area contributed by atoms with Gasteiger partial charge in [0.25, 0.3) is 0 Å². The molecule has 2 aromatic heterocycles. The Hall–Kier alpha value is -1.41. The smallest absolute Gasteiger partial charge is 0.243 e. The maximum absolute atomic E-state index is 13.0. The molecule has 0 saturated carbocycles. The summed E-state index contributed by atoms with van der Waals surface area (Å²) in [6.07, 6.45) is 3.11. The van der Waals surface area contributed by atoms with Gasteiger partial charge in [0.05, 0.1) is 17.4 Å². The first kappa shape index (κ1) is 16.4. The Morgan fingerprint density at radius 1 is 1.09 bits per heavy atom. The second-order valence-corrected chi connectivity index (χ2v) is 8.82. The molecule has 0 atom stereocenters. The van der Waals surface area contributed by atoms with Crippen molar-refractivity contribution in [3.8, 4) is 0 Å². The van der Waals surface area contributed by atoms with Crippen LogP contribution in [0.1, 0.15) is 10.4 Å². The van der Waals surface area contributed by atoms with Crippen LogP contribution in [0.3, 0.4) is 0 Å². The zero-order chi connectivity index (χ0) is 16.3. The Morgan fingerprint density at radius 3 is 2.48 bits per heavy atom. The Kier molecular flexibility index (Phi) is 5.01. The minimum Gasteiger partial charge on any atom is -0.472 e. The molecular formula is C16H14BrNO3S2. The highest BCUT2D eigenvalue weighted by atomic mass is 79.9. The average Bonchev–Trinajstić information content (AvgIpc) is 3.20. The van der Waals surface area contributed by atoms with Crippen molar-refractivity contribution in [2.45, 2.75) is 18.0 Å². The molecule has 0 bridgehead atoms. The van der Waals surface area contributed by atoms with E-state index < -0.39 is 10.0 Å². The van der Waals surface area contributed by atoms with Crippen molar-refractivity contribution in [2.75, 3.05) is 0 Å². The Morgan fingerprint density at radius 2 is 1.87 bits per heavy atom. The fraction of sp³-hybridized carbons (Fsp3) is 0.125. The molecule has 0 unspecified atom stereocenters. The molecule has 1 aromatic carbocycles. The number of furan rings is 1. The van der Waals surface area contributed by atoms with Crippen LogP contribution in [-0.2, 0) is 23.1 Å². The highest BCUT2D eigenvalue weighted by molar-refractivity contribution is 9.10. The second-order valence-electron chi connectivity index (χ2n) is 4.94. The molecule has 0 aliphatic heterocycles. The molecule has 120 valence electrons. The van der Waals surface area contributed by atoms with Gasteiger partial charge in [0.15, 0.2) is 0 Å². The van der Waals surface area contributed by atoms with Gasteiger partial charge in [0.2, 0.25) is 10.0 Å². The van der Waals surface area contributed by atoms with Crippen LogP contribution < -0.4 is 0 Å². The third-order valence-electron chi connectivity index (χ3n) is 3.30. The van der Waals surface area contributed by atoms with E-state index in [2.05, 4.69) is 15.9 Å². The SMILES string of the molecule is O=S(=O)(c1ccc(Br)cc1)N(Cc1ccoc1)Cc1cccs1. The van der Waals surface area contributed by atoms with Crippen LogP contribution in [-0.4, -0.2) is 12.7 Å². The number of hydrogen-bond donors (Lipinski definition) is 0. The van der Waals surface area contributed by atoms with Crippen LogP contribution in [0.25, 0.3) is 0 Å². The van der Waals surface area contributed by atoms with Gasteiger partial charge < -0.3 is 4.42 Å². The van der Waals surface area contributed by atoms with Crippen LogP contribution >= 0.6 is 27.3 Å². The predicted octanol–water partition coefficient (Wildman–Crippen LogP) is 4.49. The lowest BCUT2D eigenvalue weighted by molar-refractivity contribution is 0.402. The van der Waals surface area contributed by atoms with E-state index in [1.807, 2.05) is 17.5 Å². The quantitative estimate of drug-likeness (QED) is 0.599. The molecule has 0 fully saturated rings. The molecular weight excluding hydrogens is 398 g/mol. The highest BCUT2D eigenvalue weighted by Crippen LogP contribution is 2.24. The van der Waals surface area contributed by atoms with Crippen LogP contribution in [0, 0.1) is 0 Å². The summed E-state index contributed by atoms with van der Waals surface area (Å²) >= 11 is 4.87. The second kappa shape index (κ2) is 7.00. The number of benzene rings is 1. The van der Waals surface area contributed by atoms with Crippen molar-refractivity contribution in [1.82, 2.24) is 4.31 Å². The first-order chi connectivity index (χ1) is 11.1. The Labute approximate surface area is 147 Å². The minimum absolute atomic E-state index is 0.271. The summed E-state index contributed by atoms with van der Waals surface area (Å²) in [6, 6.07) is 12.3. The lowest BCUT2D eigenvalue weighted by Crippen LogP contribution is -2.29. The molecule has 3 aromatic rings. The fourth-order valence-electron chi connectivity index (χ4n) is 2.14. The van der Waals surface area contributed by atoms with Crippen LogP contribution in [0.4, 0.5) is 0 Å². The lowest BCUT2D eigenvalue weighted by atomic mass is 10.3. The number of rotatable bonds is 6. The summed E-state index contributed by atoms with van der Waals surface area (Å²) in [4.78, 5) is 1.27. The molecule has 2 heterocycles. The number of thiophene rings is 1. The standard InChI is InChI=1S/C16H14BrNO3S2/c17-14-3-5-16(6-4-14)23(19,20)18(10-13-7-8-21-12-13)11-15-2-1-9-22-15/h1-9,12H,10-11H2. The van der Waals surface area contributed by atoms with Crippen molar-refractivity contribution in [2.24, 2.45) is 0 Å². The van der Waals surface area contributed by atoms with E-state index in [-0.39, 0.29) is 11.4 Å². The fourth-order valence-corrected chi connectivity index (χ4v) is 4.62. The van der Waals surface area contributed by atoms with Gasteiger partial charge in [-0.2, -0.15) is 4.31 Å². The highest BCUT2D eigenvalue weighted by Gasteiger charge is 2.25. The largest absolute Gasteiger partial charge is 0.472 e. The molecule has 0 spiro atoms. The lowest BCUT2D eigenvalue weighted by Gasteiger charge is -2.21. The normalized spacial score (nSPS) is 11.9. The van der Waals surface area contributed by atoms with Gasteiger partial charge in [-0.15, -0.1) is 11.3 Å². The molecule has 3 rings (SSSR count). The van der Waals surface area contributed by atoms with Gasteiger partial charge in [-0.1, -0.05) is 22.0 Å². The number of sulfonamides is 1. The molecule has 23 heavy (non-hydrogen) atoms. The Bertz CT molecular complexity index is 805. The third-order valence-corrected chi connectivity index (χ3v) is 6.50. The molecule has 0 aliphatic rings. The van der Waals surface area contributed by atoms with Gasteiger partial charge in [-0.05, 0) is 41.8 Å². The Balaban J connectivity index is 1.93. The molecule has 0 N–H and O–H groups in total. The zero-order valence-electron chi connectivity index (χ0n) is 12.1. The van der Waals surface area contributed by atoms with Crippen LogP contribution in [0.2, 0.25) is 0 Å². The molecule has 0 aliphatic carbocycles. The van der Waals surface area contributed by atoms with Crippen molar-refractivity contribution < 1.29 is 12.8 Å². The molecule has 4 nitrogen and oxygen atoms in total. The van der Waals surface area contributed by atoms with Crippen molar-refractivity contribution in [3.05, 3.63) is 75.3 Å². The molecule has 0 radical (unpaired) electrons. The molecule has 0 amide bonds.